The van der Waals surface area contributed by atoms with Gasteiger partial charge in [0.25, 0.3) is 0 Å². The molecule has 1 heterocycles. The van der Waals surface area contributed by atoms with E-state index >= 15 is 0 Å². The third-order valence-corrected chi connectivity index (χ3v) is 4.23. The molecule has 0 aromatic carbocycles. The number of likely N-dealkylation sites (tertiary alicyclic amines) is 1. The van der Waals surface area contributed by atoms with E-state index in [1.165, 1.54) is 45.2 Å². The largest absolute Gasteiger partial charge is 0.328 e. The lowest BCUT2D eigenvalue weighted by Gasteiger charge is -2.32. The zero-order chi connectivity index (χ0) is 10.8. The Morgan fingerprint density at radius 1 is 1.20 bits per heavy atom. The van der Waals surface area contributed by atoms with Crippen LogP contribution in [0.5, 0.6) is 0 Å². The zero-order valence-corrected chi connectivity index (χ0v) is 10.3. The molecule has 1 aliphatic heterocycles. The first-order valence-corrected chi connectivity index (χ1v) is 6.64. The van der Waals surface area contributed by atoms with Crippen molar-refractivity contribution < 1.29 is 0 Å². The Balaban J connectivity index is 1.80. The Kier molecular flexibility index (Phi) is 3.68. The molecule has 2 fully saturated rings. The molecule has 0 bridgehead atoms. The Morgan fingerprint density at radius 3 is 2.60 bits per heavy atom. The molecule has 0 spiro atoms. The first-order chi connectivity index (χ1) is 7.15. The van der Waals surface area contributed by atoms with Crippen LogP contribution < -0.4 is 5.73 Å². The predicted molar refractivity (Wildman–Crippen MR) is 64.7 cm³/mol. The van der Waals surface area contributed by atoms with Crippen LogP contribution >= 0.6 is 0 Å². The molecule has 1 saturated heterocycles. The quantitative estimate of drug-likeness (QED) is 0.757. The summed E-state index contributed by atoms with van der Waals surface area (Å²) in [5.74, 6) is 1.78. The summed E-state index contributed by atoms with van der Waals surface area (Å²) in [6.45, 7) is 7.38. The Labute approximate surface area is 94.2 Å². The Morgan fingerprint density at radius 2 is 2.00 bits per heavy atom. The van der Waals surface area contributed by atoms with Crippen LogP contribution in [0.1, 0.15) is 46.0 Å². The molecule has 0 amide bonds. The molecule has 0 aromatic heterocycles. The van der Waals surface area contributed by atoms with Crippen LogP contribution in [-0.2, 0) is 0 Å². The van der Waals surface area contributed by atoms with Crippen molar-refractivity contribution in [1.82, 2.24) is 4.90 Å². The van der Waals surface area contributed by atoms with Crippen LogP contribution in [0.4, 0.5) is 0 Å². The normalized spacial score (nSPS) is 43.4. The number of nitrogens with zero attached hydrogens (tertiary/aromatic N) is 1. The molecule has 2 nitrogen and oxygen atoms in total. The minimum atomic E-state index is 0.485. The fourth-order valence-electron chi connectivity index (χ4n) is 3.47. The highest BCUT2D eigenvalue weighted by molar-refractivity contribution is 4.84. The predicted octanol–water partition coefficient (Wildman–Crippen LogP) is 2.23. The van der Waals surface area contributed by atoms with Crippen molar-refractivity contribution in [3.63, 3.8) is 0 Å². The summed E-state index contributed by atoms with van der Waals surface area (Å²) in [6, 6.07) is 1.29. The van der Waals surface area contributed by atoms with Gasteiger partial charge in [-0.2, -0.15) is 0 Å². The topological polar surface area (TPSA) is 29.3 Å². The molecular weight excluding hydrogens is 184 g/mol. The summed E-state index contributed by atoms with van der Waals surface area (Å²) in [6.07, 6.45) is 6.66. The second-order valence-electron chi connectivity index (χ2n) is 5.94. The maximum absolute atomic E-state index is 6.04. The Hall–Kier alpha value is -0.0800. The smallest absolute Gasteiger partial charge is 0.00701 e. The average Bonchev–Trinajstić information content (AvgIpc) is 2.45. The molecule has 2 aliphatic rings. The summed E-state index contributed by atoms with van der Waals surface area (Å²) in [5, 5.41) is 0. The van der Waals surface area contributed by atoms with Crippen molar-refractivity contribution >= 4 is 0 Å². The van der Waals surface area contributed by atoms with Gasteiger partial charge in [0.05, 0.1) is 0 Å². The summed E-state index contributed by atoms with van der Waals surface area (Å²) >= 11 is 0. The number of rotatable bonds is 2. The van der Waals surface area contributed by atoms with Crippen LogP contribution in [0.15, 0.2) is 0 Å². The maximum atomic E-state index is 6.04. The van der Waals surface area contributed by atoms with Crippen LogP contribution in [0.25, 0.3) is 0 Å². The fourth-order valence-corrected chi connectivity index (χ4v) is 3.47. The van der Waals surface area contributed by atoms with E-state index in [9.17, 15) is 0 Å². The Bertz CT molecular complexity index is 205. The molecule has 2 N–H and O–H groups in total. The van der Waals surface area contributed by atoms with Gasteiger partial charge in [0.1, 0.15) is 0 Å². The van der Waals surface area contributed by atoms with E-state index in [0.717, 1.165) is 17.9 Å². The standard InChI is InChI=1S/C13H26N2/c1-10-6-11(2)15(8-10)9-12-4-3-5-13(14)7-12/h10-13H,3-9,14H2,1-2H3. The highest BCUT2D eigenvalue weighted by Gasteiger charge is 2.29. The van der Waals surface area contributed by atoms with Crippen molar-refractivity contribution in [2.75, 3.05) is 13.1 Å². The minimum absolute atomic E-state index is 0.485. The number of hydrogen-bond acceptors (Lipinski definition) is 2. The zero-order valence-electron chi connectivity index (χ0n) is 10.3. The molecule has 88 valence electrons. The lowest BCUT2D eigenvalue weighted by molar-refractivity contribution is 0.186. The van der Waals surface area contributed by atoms with Gasteiger partial charge in [0.2, 0.25) is 0 Å². The van der Waals surface area contributed by atoms with Crippen LogP contribution in [-0.4, -0.2) is 30.1 Å². The minimum Gasteiger partial charge on any atom is -0.328 e. The monoisotopic (exact) mass is 210 g/mol. The molecule has 4 unspecified atom stereocenters. The third kappa shape index (κ3) is 2.94. The molecular formula is C13H26N2. The van der Waals surface area contributed by atoms with Gasteiger partial charge in [0, 0.05) is 25.2 Å². The van der Waals surface area contributed by atoms with E-state index in [1.807, 2.05) is 0 Å². The summed E-state index contributed by atoms with van der Waals surface area (Å²) in [7, 11) is 0. The summed E-state index contributed by atoms with van der Waals surface area (Å²) in [5.41, 5.74) is 6.04. The van der Waals surface area contributed by atoms with Crippen molar-refractivity contribution in [3.05, 3.63) is 0 Å². The molecule has 2 heteroatoms. The van der Waals surface area contributed by atoms with Gasteiger partial charge in [0.15, 0.2) is 0 Å². The van der Waals surface area contributed by atoms with Crippen LogP contribution in [0.2, 0.25) is 0 Å². The van der Waals surface area contributed by atoms with Crippen molar-refractivity contribution in [2.24, 2.45) is 17.6 Å². The number of nitrogens with two attached hydrogens (primary N) is 1. The molecule has 15 heavy (non-hydrogen) atoms. The van der Waals surface area contributed by atoms with Gasteiger partial charge >= 0.3 is 0 Å². The highest BCUT2D eigenvalue weighted by Crippen LogP contribution is 2.28. The number of hydrogen-bond donors (Lipinski definition) is 1. The second kappa shape index (κ2) is 4.84. The van der Waals surface area contributed by atoms with Crippen molar-refractivity contribution in [2.45, 2.75) is 58.0 Å². The van der Waals surface area contributed by atoms with Crippen molar-refractivity contribution in [1.29, 1.82) is 0 Å². The lowest BCUT2D eigenvalue weighted by atomic mass is 9.86. The van der Waals surface area contributed by atoms with Gasteiger partial charge in [-0.25, -0.2) is 0 Å². The lowest BCUT2D eigenvalue weighted by Crippen LogP contribution is -2.37. The molecule has 0 aromatic rings. The van der Waals surface area contributed by atoms with E-state index < -0.39 is 0 Å². The van der Waals surface area contributed by atoms with Crippen LogP contribution in [0.3, 0.4) is 0 Å². The summed E-state index contributed by atoms with van der Waals surface area (Å²) in [4.78, 5) is 2.69. The molecule has 0 radical (unpaired) electrons. The van der Waals surface area contributed by atoms with E-state index in [0.29, 0.717) is 6.04 Å². The SMILES string of the molecule is CC1CC(C)N(CC2CCCC(N)C2)C1. The van der Waals surface area contributed by atoms with E-state index in [4.69, 9.17) is 5.73 Å². The second-order valence-corrected chi connectivity index (χ2v) is 5.94. The van der Waals surface area contributed by atoms with E-state index in [2.05, 4.69) is 18.7 Å². The molecule has 2 rings (SSSR count). The average molecular weight is 210 g/mol. The highest BCUT2D eigenvalue weighted by atomic mass is 15.2. The van der Waals surface area contributed by atoms with Crippen LogP contribution in [0, 0.1) is 11.8 Å². The fraction of sp³-hybridized carbons (Fsp3) is 1.00. The van der Waals surface area contributed by atoms with Crippen molar-refractivity contribution in [3.8, 4) is 0 Å². The van der Waals surface area contributed by atoms with E-state index in [1.54, 1.807) is 0 Å². The van der Waals surface area contributed by atoms with Gasteiger partial charge in [-0.05, 0) is 44.4 Å². The van der Waals surface area contributed by atoms with E-state index in [-0.39, 0.29) is 0 Å². The van der Waals surface area contributed by atoms with Gasteiger partial charge < -0.3 is 10.6 Å². The summed E-state index contributed by atoms with van der Waals surface area (Å²) < 4.78 is 0. The molecule has 1 saturated carbocycles. The van der Waals surface area contributed by atoms with Gasteiger partial charge in [-0.3, -0.25) is 0 Å². The van der Waals surface area contributed by atoms with Gasteiger partial charge in [-0.1, -0.05) is 13.3 Å². The van der Waals surface area contributed by atoms with Gasteiger partial charge in [-0.15, -0.1) is 0 Å². The first-order valence-electron chi connectivity index (χ1n) is 6.64. The maximum Gasteiger partial charge on any atom is 0.00701 e. The molecule has 4 atom stereocenters. The first kappa shape index (κ1) is 11.4. The third-order valence-electron chi connectivity index (χ3n) is 4.23. The molecule has 1 aliphatic carbocycles.